The summed E-state index contributed by atoms with van der Waals surface area (Å²) in [6.07, 6.45) is 3.19. The van der Waals surface area contributed by atoms with E-state index in [2.05, 4.69) is 17.6 Å². The van der Waals surface area contributed by atoms with Crippen molar-refractivity contribution in [3.8, 4) is 5.75 Å². The highest BCUT2D eigenvalue weighted by Crippen LogP contribution is 2.21. The molecule has 0 saturated carbocycles. The van der Waals surface area contributed by atoms with E-state index in [1.165, 1.54) is 0 Å². The van der Waals surface area contributed by atoms with Crippen molar-refractivity contribution < 1.29 is 14.3 Å². The van der Waals surface area contributed by atoms with E-state index < -0.39 is 5.41 Å². The van der Waals surface area contributed by atoms with Gasteiger partial charge in [0.1, 0.15) is 11.2 Å². The second kappa shape index (κ2) is 9.30. The molecule has 5 heteroatoms. The summed E-state index contributed by atoms with van der Waals surface area (Å²) in [5, 5.41) is 5.63. The summed E-state index contributed by atoms with van der Waals surface area (Å²) in [5.41, 5.74) is -0.484. The monoisotopic (exact) mass is 334 g/mol. The molecule has 0 aromatic heterocycles. The number of nitrogens with one attached hydrogen (secondary N) is 2. The standard InChI is InChI=1S/C19H30N2O3/c1-6-7-8-13-20-17(22)19(4,5)18(23)21-15-9-11-16(12-10-15)24-14(2)3/h9-12,14H,6-8,13H2,1-5H3,(H,20,22)(H,21,23). The number of hydrogen-bond acceptors (Lipinski definition) is 3. The predicted octanol–water partition coefficient (Wildman–Crippen LogP) is 3.74. The van der Waals surface area contributed by atoms with E-state index in [1.54, 1.807) is 38.1 Å². The number of carbonyl (C=O) groups is 2. The Hall–Kier alpha value is -2.04. The average Bonchev–Trinajstić information content (AvgIpc) is 2.52. The van der Waals surface area contributed by atoms with Gasteiger partial charge in [-0.05, 0) is 58.4 Å². The van der Waals surface area contributed by atoms with Crippen LogP contribution >= 0.6 is 0 Å². The number of rotatable bonds is 9. The quantitative estimate of drug-likeness (QED) is 0.534. The van der Waals surface area contributed by atoms with Gasteiger partial charge in [0.15, 0.2) is 0 Å². The maximum Gasteiger partial charge on any atom is 0.239 e. The molecule has 0 unspecified atom stereocenters. The molecule has 0 aliphatic heterocycles. The molecular weight excluding hydrogens is 304 g/mol. The van der Waals surface area contributed by atoms with Gasteiger partial charge in [0.2, 0.25) is 11.8 Å². The van der Waals surface area contributed by atoms with Gasteiger partial charge in [-0.2, -0.15) is 0 Å². The fraction of sp³-hybridized carbons (Fsp3) is 0.579. The minimum atomic E-state index is -1.13. The van der Waals surface area contributed by atoms with Crippen LogP contribution < -0.4 is 15.4 Å². The van der Waals surface area contributed by atoms with E-state index in [-0.39, 0.29) is 17.9 Å². The molecular formula is C19H30N2O3. The molecule has 24 heavy (non-hydrogen) atoms. The molecule has 0 aliphatic carbocycles. The van der Waals surface area contributed by atoms with Crippen molar-refractivity contribution in [2.45, 2.75) is 60.0 Å². The van der Waals surface area contributed by atoms with Crippen LogP contribution in [-0.4, -0.2) is 24.5 Å². The molecule has 0 atom stereocenters. The third-order valence-electron chi connectivity index (χ3n) is 3.69. The number of carbonyl (C=O) groups excluding carboxylic acids is 2. The number of ether oxygens (including phenoxy) is 1. The molecule has 2 N–H and O–H groups in total. The van der Waals surface area contributed by atoms with Crippen molar-refractivity contribution in [2.24, 2.45) is 5.41 Å². The van der Waals surface area contributed by atoms with Crippen LogP contribution in [-0.2, 0) is 9.59 Å². The first-order chi connectivity index (χ1) is 11.3. The van der Waals surface area contributed by atoms with E-state index in [0.717, 1.165) is 25.0 Å². The SMILES string of the molecule is CCCCCNC(=O)C(C)(C)C(=O)Nc1ccc(OC(C)C)cc1. The fourth-order valence-electron chi connectivity index (χ4n) is 2.08. The molecule has 1 rings (SSSR count). The zero-order valence-corrected chi connectivity index (χ0v) is 15.4. The van der Waals surface area contributed by atoms with Crippen molar-refractivity contribution in [2.75, 3.05) is 11.9 Å². The summed E-state index contributed by atoms with van der Waals surface area (Å²) >= 11 is 0. The number of anilines is 1. The molecule has 134 valence electrons. The van der Waals surface area contributed by atoms with Crippen molar-refractivity contribution in [3.63, 3.8) is 0 Å². The third kappa shape index (κ3) is 6.22. The van der Waals surface area contributed by atoms with Crippen LogP contribution in [0.1, 0.15) is 53.9 Å². The minimum Gasteiger partial charge on any atom is -0.491 e. The molecule has 0 heterocycles. The second-order valence-corrected chi connectivity index (χ2v) is 6.73. The summed E-state index contributed by atoms with van der Waals surface area (Å²) in [6, 6.07) is 7.14. The molecule has 0 fully saturated rings. The normalized spacial score (nSPS) is 11.2. The van der Waals surface area contributed by atoms with Crippen LogP contribution in [0.2, 0.25) is 0 Å². The van der Waals surface area contributed by atoms with Crippen LogP contribution in [0.5, 0.6) is 5.75 Å². The first-order valence-corrected chi connectivity index (χ1v) is 8.63. The van der Waals surface area contributed by atoms with E-state index in [4.69, 9.17) is 4.74 Å². The maximum atomic E-state index is 12.4. The van der Waals surface area contributed by atoms with E-state index in [0.29, 0.717) is 12.2 Å². The lowest BCUT2D eigenvalue weighted by Gasteiger charge is -2.23. The minimum absolute atomic E-state index is 0.0979. The van der Waals surface area contributed by atoms with E-state index >= 15 is 0 Å². The molecule has 0 saturated heterocycles. The molecule has 0 spiro atoms. The Morgan fingerprint density at radius 1 is 1.08 bits per heavy atom. The van der Waals surface area contributed by atoms with Gasteiger partial charge in [-0.15, -0.1) is 0 Å². The molecule has 5 nitrogen and oxygen atoms in total. The Kier molecular flexibility index (Phi) is 7.75. The Balaban J connectivity index is 2.59. The first kappa shape index (κ1) is 20.0. The molecule has 0 bridgehead atoms. The van der Waals surface area contributed by atoms with Crippen LogP contribution in [0, 0.1) is 5.41 Å². The van der Waals surface area contributed by atoms with Crippen LogP contribution in [0.4, 0.5) is 5.69 Å². The third-order valence-corrected chi connectivity index (χ3v) is 3.69. The number of unbranched alkanes of at least 4 members (excludes halogenated alkanes) is 2. The van der Waals surface area contributed by atoms with Crippen LogP contribution in [0.15, 0.2) is 24.3 Å². The lowest BCUT2D eigenvalue weighted by atomic mass is 9.91. The van der Waals surface area contributed by atoms with Gasteiger partial charge in [0.25, 0.3) is 0 Å². The van der Waals surface area contributed by atoms with Crippen molar-refractivity contribution in [3.05, 3.63) is 24.3 Å². The maximum absolute atomic E-state index is 12.4. The Labute approximate surface area is 145 Å². The van der Waals surface area contributed by atoms with Crippen LogP contribution in [0.25, 0.3) is 0 Å². The van der Waals surface area contributed by atoms with Gasteiger partial charge in [-0.1, -0.05) is 19.8 Å². The van der Waals surface area contributed by atoms with Gasteiger partial charge < -0.3 is 15.4 Å². The zero-order valence-electron chi connectivity index (χ0n) is 15.4. The molecule has 0 radical (unpaired) electrons. The predicted molar refractivity (Wildman–Crippen MR) is 97.2 cm³/mol. The smallest absolute Gasteiger partial charge is 0.239 e. The summed E-state index contributed by atoms with van der Waals surface area (Å²) in [5.74, 6) is 0.166. The molecule has 2 amide bonds. The number of hydrogen-bond donors (Lipinski definition) is 2. The molecule has 1 aromatic rings. The summed E-state index contributed by atoms with van der Waals surface area (Å²) < 4.78 is 5.57. The Morgan fingerprint density at radius 3 is 2.25 bits per heavy atom. The second-order valence-electron chi connectivity index (χ2n) is 6.73. The summed E-state index contributed by atoms with van der Waals surface area (Å²) in [7, 11) is 0. The van der Waals surface area contributed by atoms with Gasteiger partial charge >= 0.3 is 0 Å². The van der Waals surface area contributed by atoms with Crippen molar-refractivity contribution in [1.29, 1.82) is 0 Å². The summed E-state index contributed by atoms with van der Waals surface area (Å²) in [4.78, 5) is 24.7. The number of amides is 2. The van der Waals surface area contributed by atoms with E-state index in [9.17, 15) is 9.59 Å². The average molecular weight is 334 g/mol. The first-order valence-electron chi connectivity index (χ1n) is 8.63. The highest BCUT2D eigenvalue weighted by molar-refractivity contribution is 6.09. The van der Waals surface area contributed by atoms with Crippen LogP contribution in [0.3, 0.4) is 0 Å². The summed E-state index contributed by atoms with van der Waals surface area (Å²) in [6.45, 7) is 9.89. The van der Waals surface area contributed by atoms with Gasteiger partial charge in [-0.3, -0.25) is 9.59 Å². The fourth-order valence-corrected chi connectivity index (χ4v) is 2.08. The van der Waals surface area contributed by atoms with Gasteiger partial charge in [0.05, 0.1) is 6.10 Å². The number of benzene rings is 1. The zero-order chi connectivity index (χ0) is 18.2. The Morgan fingerprint density at radius 2 is 1.71 bits per heavy atom. The van der Waals surface area contributed by atoms with E-state index in [1.807, 2.05) is 13.8 Å². The molecule has 1 aromatic carbocycles. The highest BCUT2D eigenvalue weighted by atomic mass is 16.5. The lowest BCUT2D eigenvalue weighted by molar-refractivity contribution is -0.138. The van der Waals surface area contributed by atoms with Gasteiger partial charge in [-0.25, -0.2) is 0 Å². The van der Waals surface area contributed by atoms with Gasteiger partial charge in [0, 0.05) is 12.2 Å². The van der Waals surface area contributed by atoms with Crippen molar-refractivity contribution >= 4 is 17.5 Å². The topological polar surface area (TPSA) is 67.4 Å². The highest BCUT2D eigenvalue weighted by Gasteiger charge is 2.35. The molecule has 0 aliphatic rings. The van der Waals surface area contributed by atoms with Crippen molar-refractivity contribution in [1.82, 2.24) is 5.32 Å². The Bertz CT molecular complexity index is 536. The lowest BCUT2D eigenvalue weighted by Crippen LogP contribution is -2.45. The largest absolute Gasteiger partial charge is 0.491 e.